The first kappa shape index (κ1) is 24.5. The lowest BCUT2D eigenvalue weighted by molar-refractivity contribution is -0.143. The Labute approximate surface area is 162 Å². The van der Waals surface area contributed by atoms with Gasteiger partial charge in [0.15, 0.2) is 0 Å². The number of carbonyl (C=O) groups is 4. The first-order chi connectivity index (χ1) is 12.1. The Bertz CT molecular complexity index is 520. The van der Waals surface area contributed by atoms with Crippen LogP contribution < -0.4 is 21.7 Å². The molecule has 0 aliphatic rings. The quantitative estimate of drug-likeness (QED) is 0.172. The van der Waals surface area contributed by atoms with Gasteiger partial charge in [-0.25, -0.2) is 4.79 Å². The third-order valence-electron chi connectivity index (χ3n) is 3.40. The van der Waals surface area contributed by atoms with Crippen LogP contribution in [-0.2, 0) is 19.2 Å². The summed E-state index contributed by atoms with van der Waals surface area (Å²) in [5, 5.41) is 25.3. The van der Waals surface area contributed by atoms with E-state index in [1.54, 1.807) is 13.8 Å². The highest BCUT2D eigenvalue weighted by Gasteiger charge is 2.30. The van der Waals surface area contributed by atoms with Crippen molar-refractivity contribution in [1.82, 2.24) is 16.0 Å². The molecular weight excluding hydrogens is 384 g/mol. The molecule has 4 unspecified atom stereocenters. The van der Waals surface area contributed by atoms with Crippen molar-refractivity contribution >= 4 is 48.9 Å². The van der Waals surface area contributed by atoms with E-state index in [4.69, 9.17) is 10.8 Å². The van der Waals surface area contributed by atoms with Crippen LogP contribution in [0.3, 0.4) is 0 Å². The van der Waals surface area contributed by atoms with Crippen LogP contribution in [0.4, 0.5) is 0 Å². The molecule has 26 heavy (non-hydrogen) atoms. The smallest absolute Gasteiger partial charge is 0.326 e. The minimum atomic E-state index is -1.39. The van der Waals surface area contributed by atoms with E-state index in [-0.39, 0.29) is 11.5 Å². The van der Waals surface area contributed by atoms with Crippen LogP contribution in [0.2, 0.25) is 0 Å². The summed E-state index contributed by atoms with van der Waals surface area (Å²) in [6, 6.07) is -4.59. The molecule has 0 aliphatic heterocycles. The standard InChI is InChI=1S/C14H26N4O6S2/c1-6(2)10(14(23)24)18-12(21)8(3-19)16-13(22)9(5-26)17-11(20)7(15)4-25/h6-10,19,25-26H,3-5,15H2,1-2H3,(H,16,22)(H,17,20)(H,18,21)(H,23,24). The molecule has 0 aromatic heterocycles. The summed E-state index contributed by atoms with van der Waals surface area (Å²) in [4.78, 5) is 47.2. The second kappa shape index (κ2) is 12.0. The van der Waals surface area contributed by atoms with Crippen molar-refractivity contribution in [3.05, 3.63) is 0 Å². The third-order valence-corrected chi connectivity index (χ3v) is 4.15. The SMILES string of the molecule is CC(C)C(NC(=O)C(CO)NC(=O)C(CS)NC(=O)C(N)CS)C(=O)O. The average molecular weight is 411 g/mol. The summed E-state index contributed by atoms with van der Waals surface area (Å²) >= 11 is 7.84. The second-order valence-corrected chi connectivity index (χ2v) is 6.58. The van der Waals surface area contributed by atoms with Gasteiger partial charge in [0.2, 0.25) is 17.7 Å². The lowest BCUT2D eigenvalue weighted by Gasteiger charge is -2.24. The Balaban J connectivity index is 4.95. The van der Waals surface area contributed by atoms with Crippen LogP contribution in [-0.4, -0.2) is 76.2 Å². The van der Waals surface area contributed by atoms with Gasteiger partial charge in [-0.2, -0.15) is 25.3 Å². The molecule has 0 aromatic rings. The highest BCUT2D eigenvalue weighted by molar-refractivity contribution is 7.80. The van der Waals surface area contributed by atoms with E-state index in [1.165, 1.54) is 0 Å². The summed E-state index contributed by atoms with van der Waals surface area (Å²) in [6.45, 7) is 2.44. The molecule has 3 amide bonds. The molecule has 0 fully saturated rings. The molecule has 12 heteroatoms. The van der Waals surface area contributed by atoms with Gasteiger partial charge in [0.1, 0.15) is 18.1 Å². The number of aliphatic hydroxyl groups excluding tert-OH is 1. The number of nitrogens with two attached hydrogens (primary N) is 1. The topological polar surface area (TPSA) is 171 Å². The summed E-state index contributed by atoms with van der Waals surface area (Å²) in [7, 11) is 0. The maximum atomic E-state index is 12.2. The summed E-state index contributed by atoms with van der Waals surface area (Å²) < 4.78 is 0. The van der Waals surface area contributed by atoms with E-state index in [0.717, 1.165) is 0 Å². The maximum Gasteiger partial charge on any atom is 0.326 e. The van der Waals surface area contributed by atoms with E-state index in [9.17, 15) is 24.3 Å². The minimum absolute atomic E-state index is 0.0696. The largest absolute Gasteiger partial charge is 0.480 e. The van der Waals surface area contributed by atoms with Gasteiger partial charge < -0.3 is 31.9 Å². The van der Waals surface area contributed by atoms with Crippen molar-refractivity contribution in [2.75, 3.05) is 18.1 Å². The van der Waals surface area contributed by atoms with E-state index < -0.39 is 60.4 Å². The number of aliphatic carboxylic acids is 1. The van der Waals surface area contributed by atoms with Crippen molar-refractivity contribution in [2.45, 2.75) is 38.0 Å². The van der Waals surface area contributed by atoms with E-state index in [0.29, 0.717) is 0 Å². The molecule has 7 N–H and O–H groups in total. The van der Waals surface area contributed by atoms with Crippen LogP contribution in [0.1, 0.15) is 13.8 Å². The van der Waals surface area contributed by atoms with E-state index >= 15 is 0 Å². The molecule has 0 spiro atoms. The number of carboxylic acids is 1. The van der Waals surface area contributed by atoms with Gasteiger partial charge in [0.25, 0.3) is 0 Å². The van der Waals surface area contributed by atoms with Gasteiger partial charge in [-0.3, -0.25) is 14.4 Å². The van der Waals surface area contributed by atoms with Crippen LogP contribution in [0.5, 0.6) is 0 Å². The first-order valence-corrected chi connectivity index (χ1v) is 9.07. The van der Waals surface area contributed by atoms with Crippen molar-refractivity contribution in [3.63, 3.8) is 0 Å². The number of carbonyl (C=O) groups excluding carboxylic acids is 3. The number of hydrogen-bond acceptors (Lipinski definition) is 8. The van der Waals surface area contributed by atoms with Gasteiger partial charge in [-0.15, -0.1) is 0 Å². The van der Waals surface area contributed by atoms with E-state index in [2.05, 4.69) is 41.2 Å². The van der Waals surface area contributed by atoms with Gasteiger partial charge in [0.05, 0.1) is 12.6 Å². The predicted octanol–water partition coefficient (Wildman–Crippen LogP) is -2.64. The van der Waals surface area contributed by atoms with E-state index in [1.807, 2.05) is 0 Å². The average Bonchev–Trinajstić information content (AvgIpc) is 2.59. The van der Waals surface area contributed by atoms with Gasteiger partial charge in [0, 0.05) is 11.5 Å². The Morgan fingerprint density at radius 3 is 1.81 bits per heavy atom. The number of hydrogen-bond donors (Lipinski definition) is 8. The number of aliphatic hydroxyl groups is 1. The molecule has 0 bridgehead atoms. The second-order valence-electron chi connectivity index (χ2n) is 5.85. The fourth-order valence-corrected chi connectivity index (χ4v) is 2.21. The molecule has 0 saturated carbocycles. The lowest BCUT2D eigenvalue weighted by atomic mass is 10.0. The third kappa shape index (κ3) is 7.81. The number of rotatable bonds is 11. The zero-order valence-electron chi connectivity index (χ0n) is 14.5. The molecule has 10 nitrogen and oxygen atoms in total. The fraction of sp³-hybridized carbons (Fsp3) is 0.714. The Morgan fingerprint density at radius 2 is 1.42 bits per heavy atom. The van der Waals surface area contributed by atoms with Crippen molar-refractivity contribution < 1.29 is 29.4 Å². The predicted molar refractivity (Wildman–Crippen MR) is 101 cm³/mol. The summed E-state index contributed by atoms with van der Waals surface area (Å²) in [5.41, 5.74) is 5.50. The molecular formula is C14H26N4O6S2. The minimum Gasteiger partial charge on any atom is -0.480 e. The van der Waals surface area contributed by atoms with Crippen molar-refractivity contribution in [2.24, 2.45) is 11.7 Å². The molecule has 0 rings (SSSR count). The number of carboxylic acid groups (broad SMARTS) is 1. The number of amides is 3. The zero-order valence-corrected chi connectivity index (χ0v) is 16.3. The van der Waals surface area contributed by atoms with Gasteiger partial charge in [-0.1, -0.05) is 13.8 Å². The lowest BCUT2D eigenvalue weighted by Crippen LogP contribution is -2.59. The van der Waals surface area contributed by atoms with Crippen LogP contribution in [0.25, 0.3) is 0 Å². The molecule has 150 valence electrons. The molecule has 0 heterocycles. The van der Waals surface area contributed by atoms with Crippen molar-refractivity contribution in [1.29, 1.82) is 0 Å². The van der Waals surface area contributed by atoms with Crippen molar-refractivity contribution in [3.8, 4) is 0 Å². The zero-order chi connectivity index (χ0) is 20.4. The highest BCUT2D eigenvalue weighted by Crippen LogP contribution is 2.02. The van der Waals surface area contributed by atoms with Gasteiger partial charge in [-0.05, 0) is 5.92 Å². The van der Waals surface area contributed by atoms with Crippen LogP contribution in [0, 0.1) is 5.92 Å². The Morgan fingerprint density at radius 1 is 0.923 bits per heavy atom. The summed E-state index contributed by atoms with van der Waals surface area (Å²) in [6.07, 6.45) is 0. The number of thiol groups is 2. The highest BCUT2D eigenvalue weighted by atomic mass is 32.1. The normalized spacial score (nSPS) is 15.5. The van der Waals surface area contributed by atoms with Crippen LogP contribution >= 0.6 is 25.3 Å². The molecule has 0 saturated heterocycles. The molecule has 0 aliphatic carbocycles. The first-order valence-electron chi connectivity index (χ1n) is 7.81. The molecule has 0 aromatic carbocycles. The summed E-state index contributed by atoms with van der Waals surface area (Å²) in [5.74, 6) is -3.91. The van der Waals surface area contributed by atoms with Crippen LogP contribution in [0.15, 0.2) is 0 Å². The van der Waals surface area contributed by atoms with Gasteiger partial charge >= 0.3 is 5.97 Å². The maximum absolute atomic E-state index is 12.2. The molecule has 0 radical (unpaired) electrons. The molecule has 4 atom stereocenters. The fourth-order valence-electron chi connectivity index (χ4n) is 1.79. The Hall–Kier alpha value is -1.50. The number of nitrogens with one attached hydrogen (secondary N) is 3. The Kier molecular flexibility index (Phi) is 11.3. The monoisotopic (exact) mass is 410 g/mol.